The van der Waals surface area contributed by atoms with Gasteiger partial charge in [0.05, 0.1) is 0 Å². The maximum atomic E-state index is 6.16. The number of halogens is 1. The number of nitrogens with two attached hydrogens (primary N) is 2. The van der Waals surface area contributed by atoms with Crippen LogP contribution in [0.1, 0.15) is 39.5 Å². The highest BCUT2D eigenvalue weighted by Gasteiger charge is 2.40. The van der Waals surface area contributed by atoms with Crippen LogP contribution in [0.2, 0.25) is 5.02 Å². The van der Waals surface area contributed by atoms with Gasteiger partial charge in [0.15, 0.2) is 0 Å². The van der Waals surface area contributed by atoms with Gasteiger partial charge in [-0.25, -0.2) is 4.99 Å². The maximum Gasteiger partial charge on any atom is 0.220 e. The van der Waals surface area contributed by atoms with Gasteiger partial charge in [0, 0.05) is 10.7 Å². The van der Waals surface area contributed by atoms with Crippen LogP contribution < -0.4 is 16.4 Å². The summed E-state index contributed by atoms with van der Waals surface area (Å²) in [7, 11) is 0. The molecule has 1 aliphatic heterocycles. The molecule has 0 saturated carbocycles. The molecule has 1 aromatic carbocycles. The van der Waals surface area contributed by atoms with Crippen LogP contribution in [0, 0.1) is 0 Å². The Balaban J connectivity index is 2.51. The molecule has 21 heavy (non-hydrogen) atoms. The molecule has 0 amide bonds. The largest absolute Gasteiger partial charge is 0.369 e. The molecule has 0 bridgehead atoms. The van der Waals surface area contributed by atoms with Crippen LogP contribution in [-0.2, 0) is 0 Å². The van der Waals surface area contributed by atoms with Gasteiger partial charge in [-0.3, -0.25) is 4.90 Å². The lowest BCUT2D eigenvalue weighted by molar-refractivity contribution is 0.369. The fraction of sp³-hybridized carbons (Fsp3) is 0.467. The quantitative estimate of drug-likeness (QED) is 0.877. The Bertz CT molecular complexity index is 544. The summed E-state index contributed by atoms with van der Waals surface area (Å²) in [5.41, 5.74) is 12.5. The molecule has 4 N–H and O–H groups in total. The van der Waals surface area contributed by atoms with Gasteiger partial charge in [0.25, 0.3) is 0 Å². The van der Waals surface area contributed by atoms with Crippen LogP contribution in [0.25, 0.3) is 0 Å². The second-order valence-corrected chi connectivity index (χ2v) is 5.67. The highest BCUT2D eigenvalue weighted by Crippen LogP contribution is 2.35. The summed E-state index contributed by atoms with van der Waals surface area (Å²) >= 11 is 5.98. The summed E-state index contributed by atoms with van der Waals surface area (Å²) in [6.45, 7) is 4.26. The lowest BCUT2D eigenvalue weighted by atomic mass is 9.95. The number of rotatable bonds is 5. The minimum absolute atomic E-state index is 0.250. The van der Waals surface area contributed by atoms with Crippen molar-refractivity contribution in [2.45, 2.75) is 45.2 Å². The Kier molecular flexibility index (Phi) is 4.73. The predicted molar refractivity (Wildman–Crippen MR) is 89.7 cm³/mol. The summed E-state index contributed by atoms with van der Waals surface area (Å²) in [6.07, 6.45) is 3.68. The third-order valence-electron chi connectivity index (χ3n) is 3.58. The van der Waals surface area contributed by atoms with Crippen LogP contribution >= 0.6 is 11.6 Å². The number of benzene rings is 1. The van der Waals surface area contributed by atoms with E-state index in [1.54, 1.807) is 0 Å². The van der Waals surface area contributed by atoms with Gasteiger partial charge < -0.3 is 11.5 Å². The van der Waals surface area contributed by atoms with Crippen molar-refractivity contribution in [1.82, 2.24) is 0 Å². The van der Waals surface area contributed by atoms with E-state index in [4.69, 9.17) is 23.1 Å². The van der Waals surface area contributed by atoms with Crippen LogP contribution in [0.4, 0.5) is 5.69 Å². The van der Waals surface area contributed by atoms with Crippen LogP contribution in [0.5, 0.6) is 0 Å². The normalized spacial score (nSPS) is 17.4. The Morgan fingerprint density at radius 3 is 2.19 bits per heavy atom. The van der Waals surface area contributed by atoms with E-state index in [9.17, 15) is 0 Å². The number of nitrogens with zero attached hydrogens (tertiary/aromatic N) is 3. The number of guanidine groups is 2. The molecule has 1 heterocycles. The minimum atomic E-state index is -0.465. The van der Waals surface area contributed by atoms with Crippen LogP contribution in [0.15, 0.2) is 34.3 Å². The minimum Gasteiger partial charge on any atom is -0.369 e. The number of hydrogen-bond acceptors (Lipinski definition) is 5. The van der Waals surface area contributed by atoms with Crippen LogP contribution in [0.3, 0.4) is 0 Å². The van der Waals surface area contributed by atoms with E-state index in [1.165, 1.54) is 0 Å². The second-order valence-electron chi connectivity index (χ2n) is 5.23. The van der Waals surface area contributed by atoms with E-state index >= 15 is 0 Å². The fourth-order valence-corrected chi connectivity index (χ4v) is 3.02. The van der Waals surface area contributed by atoms with Gasteiger partial charge in [-0.1, -0.05) is 38.3 Å². The van der Waals surface area contributed by atoms with Crippen molar-refractivity contribution in [1.29, 1.82) is 0 Å². The van der Waals surface area contributed by atoms with Gasteiger partial charge in [0.2, 0.25) is 11.9 Å². The van der Waals surface area contributed by atoms with Crippen molar-refractivity contribution >= 4 is 29.2 Å². The van der Waals surface area contributed by atoms with Crippen molar-refractivity contribution < 1.29 is 0 Å². The molecule has 0 aromatic heterocycles. The van der Waals surface area contributed by atoms with E-state index in [-0.39, 0.29) is 5.96 Å². The Morgan fingerprint density at radius 2 is 1.67 bits per heavy atom. The zero-order valence-electron chi connectivity index (χ0n) is 12.5. The molecule has 0 radical (unpaired) electrons. The summed E-state index contributed by atoms with van der Waals surface area (Å²) < 4.78 is 0. The standard InChI is InChI=1S/C15H22ClN5/c1-3-9-15(10-4-2)20-13(17)19-14(18)21(15)12-7-5-11(16)6-8-12/h5-8H,3-4,9-10H2,1-2H3,(H4,17,18,19,20). The number of hydrogen-bond donors (Lipinski definition) is 2. The zero-order chi connectivity index (χ0) is 15.5. The Morgan fingerprint density at radius 1 is 1.10 bits per heavy atom. The molecule has 0 fully saturated rings. The molecule has 5 nitrogen and oxygen atoms in total. The number of anilines is 1. The van der Waals surface area contributed by atoms with Crippen molar-refractivity contribution in [3.8, 4) is 0 Å². The Hall–Kier alpha value is -1.75. The van der Waals surface area contributed by atoms with Gasteiger partial charge in [-0.15, -0.1) is 0 Å². The average Bonchev–Trinajstić information content (AvgIpc) is 2.40. The van der Waals surface area contributed by atoms with E-state index in [2.05, 4.69) is 23.8 Å². The first-order valence-corrected chi connectivity index (χ1v) is 7.65. The van der Waals surface area contributed by atoms with Gasteiger partial charge in [-0.2, -0.15) is 4.99 Å². The van der Waals surface area contributed by atoms with Gasteiger partial charge >= 0.3 is 0 Å². The lowest BCUT2D eigenvalue weighted by Gasteiger charge is -2.43. The van der Waals surface area contributed by atoms with Gasteiger partial charge in [0.1, 0.15) is 5.66 Å². The second kappa shape index (κ2) is 6.35. The smallest absolute Gasteiger partial charge is 0.220 e. The van der Waals surface area contributed by atoms with E-state index in [0.717, 1.165) is 31.4 Å². The SMILES string of the molecule is CCCC1(CCC)N=C(N)N=C(N)N1c1ccc(Cl)cc1. The first-order valence-electron chi connectivity index (χ1n) is 7.27. The van der Waals surface area contributed by atoms with Gasteiger partial charge in [-0.05, 0) is 37.1 Å². The molecule has 0 aliphatic carbocycles. The number of aliphatic imine (C=N–C) groups is 2. The summed E-state index contributed by atoms with van der Waals surface area (Å²) in [5, 5.41) is 0.686. The zero-order valence-corrected chi connectivity index (χ0v) is 13.3. The monoisotopic (exact) mass is 307 g/mol. The first kappa shape index (κ1) is 15.6. The molecule has 0 unspecified atom stereocenters. The third-order valence-corrected chi connectivity index (χ3v) is 3.83. The first-order chi connectivity index (χ1) is 10.0. The van der Waals surface area contributed by atoms with E-state index in [1.807, 2.05) is 29.2 Å². The molecule has 0 saturated heterocycles. The summed E-state index contributed by atoms with van der Waals surface area (Å²) in [6, 6.07) is 7.55. The fourth-order valence-electron chi connectivity index (χ4n) is 2.89. The highest BCUT2D eigenvalue weighted by molar-refractivity contribution is 6.30. The summed E-state index contributed by atoms with van der Waals surface area (Å²) in [4.78, 5) is 10.8. The van der Waals surface area contributed by atoms with Crippen molar-refractivity contribution in [2.75, 3.05) is 4.90 Å². The molecular weight excluding hydrogens is 286 g/mol. The summed E-state index contributed by atoms with van der Waals surface area (Å²) in [5.74, 6) is 0.631. The van der Waals surface area contributed by atoms with Crippen molar-refractivity contribution in [3.05, 3.63) is 29.3 Å². The van der Waals surface area contributed by atoms with E-state index in [0.29, 0.717) is 11.0 Å². The van der Waals surface area contributed by atoms with Crippen molar-refractivity contribution in [2.24, 2.45) is 21.5 Å². The topological polar surface area (TPSA) is 80.0 Å². The molecule has 6 heteroatoms. The predicted octanol–water partition coefficient (Wildman–Crippen LogP) is 3.09. The van der Waals surface area contributed by atoms with Crippen molar-refractivity contribution in [3.63, 3.8) is 0 Å². The molecule has 0 atom stereocenters. The molecule has 1 aromatic rings. The third kappa shape index (κ3) is 3.13. The molecule has 114 valence electrons. The van der Waals surface area contributed by atoms with E-state index < -0.39 is 5.66 Å². The van der Waals surface area contributed by atoms with Crippen LogP contribution in [-0.4, -0.2) is 17.6 Å². The average molecular weight is 308 g/mol. The molecular formula is C15H22ClN5. The highest BCUT2D eigenvalue weighted by atomic mass is 35.5. The Labute approximate surface area is 130 Å². The molecule has 2 rings (SSSR count). The lowest BCUT2D eigenvalue weighted by Crippen LogP contribution is -2.57. The molecule has 0 spiro atoms. The molecule has 1 aliphatic rings. The maximum absolute atomic E-state index is 6.16.